The number of rotatable bonds is 5. The maximum atomic E-state index is 12.3. The number of nitrogens with zero attached hydrogens (tertiary/aromatic N) is 1. The lowest BCUT2D eigenvalue weighted by Gasteiger charge is -2.19. The molecule has 1 aromatic carbocycles. The molecule has 1 aliphatic heterocycles. The van der Waals surface area contributed by atoms with E-state index in [0.717, 1.165) is 24.1 Å². The Balaban J connectivity index is 2.04. The van der Waals surface area contributed by atoms with Gasteiger partial charge in [0.25, 0.3) is 0 Å². The summed E-state index contributed by atoms with van der Waals surface area (Å²) in [5.41, 5.74) is 1.73. The van der Waals surface area contributed by atoms with Gasteiger partial charge in [-0.2, -0.15) is 0 Å². The van der Waals surface area contributed by atoms with Gasteiger partial charge in [-0.15, -0.1) is 0 Å². The Labute approximate surface area is 136 Å². The van der Waals surface area contributed by atoms with Crippen molar-refractivity contribution in [1.29, 1.82) is 0 Å². The lowest BCUT2D eigenvalue weighted by Crippen LogP contribution is -2.38. The first-order chi connectivity index (χ1) is 10.4. The third-order valence-corrected chi connectivity index (χ3v) is 4.48. The molecule has 0 radical (unpaired) electrons. The monoisotopic (exact) mass is 322 g/mol. The molecule has 1 aliphatic rings. The Morgan fingerprint density at radius 2 is 2.23 bits per heavy atom. The summed E-state index contributed by atoms with van der Waals surface area (Å²) >= 11 is 6.13. The Hall–Kier alpha value is -1.55. The third-order valence-electron chi connectivity index (χ3n) is 4.07. The molecule has 1 aromatic rings. The standard InChI is InChI=1S/C17H23ClN2O2/c1-4-5-12(3)19-17(22)13-8-16(21)20(10-13)14-7-6-11(2)15(18)9-14/h6-7,9,12-13H,4-5,8,10H2,1-3H3,(H,19,22)/t12-,13+/m0/s1. The second-order valence-corrected chi connectivity index (χ2v) is 6.44. The fraction of sp³-hybridized carbons (Fsp3) is 0.529. The first kappa shape index (κ1) is 16.8. The number of amides is 2. The van der Waals surface area contributed by atoms with Crippen LogP contribution in [0.5, 0.6) is 0 Å². The molecule has 4 nitrogen and oxygen atoms in total. The van der Waals surface area contributed by atoms with Crippen LogP contribution in [0.2, 0.25) is 5.02 Å². The van der Waals surface area contributed by atoms with Gasteiger partial charge in [0.1, 0.15) is 0 Å². The molecule has 1 saturated heterocycles. The van der Waals surface area contributed by atoms with Gasteiger partial charge in [-0.05, 0) is 38.0 Å². The molecule has 2 atom stereocenters. The Morgan fingerprint density at radius 1 is 1.50 bits per heavy atom. The van der Waals surface area contributed by atoms with Crippen molar-refractivity contribution in [3.8, 4) is 0 Å². The van der Waals surface area contributed by atoms with E-state index in [9.17, 15) is 9.59 Å². The predicted octanol–water partition coefficient (Wildman–Crippen LogP) is 3.31. The van der Waals surface area contributed by atoms with Crippen molar-refractivity contribution in [3.05, 3.63) is 28.8 Å². The van der Waals surface area contributed by atoms with Crippen LogP contribution in [0, 0.1) is 12.8 Å². The molecule has 0 saturated carbocycles. The van der Waals surface area contributed by atoms with Crippen LogP contribution >= 0.6 is 11.6 Å². The minimum atomic E-state index is -0.285. The minimum Gasteiger partial charge on any atom is -0.353 e. The van der Waals surface area contributed by atoms with Gasteiger partial charge in [0.2, 0.25) is 11.8 Å². The highest BCUT2D eigenvalue weighted by Gasteiger charge is 2.35. The van der Waals surface area contributed by atoms with Crippen LogP contribution in [0.25, 0.3) is 0 Å². The SMILES string of the molecule is CCC[C@H](C)NC(=O)[C@@H]1CC(=O)N(c2ccc(C)c(Cl)c2)C1. The van der Waals surface area contributed by atoms with E-state index in [-0.39, 0.29) is 30.2 Å². The molecule has 2 amide bonds. The molecule has 0 spiro atoms. The van der Waals surface area contributed by atoms with Crippen molar-refractivity contribution in [2.75, 3.05) is 11.4 Å². The van der Waals surface area contributed by atoms with Crippen molar-refractivity contribution < 1.29 is 9.59 Å². The van der Waals surface area contributed by atoms with Gasteiger partial charge in [0.05, 0.1) is 5.92 Å². The van der Waals surface area contributed by atoms with Crippen LogP contribution in [0.1, 0.15) is 38.7 Å². The number of anilines is 1. The molecule has 22 heavy (non-hydrogen) atoms. The van der Waals surface area contributed by atoms with Gasteiger partial charge in [0, 0.05) is 29.7 Å². The molecule has 120 valence electrons. The lowest BCUT2D eigenvalue weighted by molar-refractivity contribution is -0.126. The van der Waals surface area contributed by atoms with E-state index in [1.807, 2.05) is 26.0 Å². The number of benzene rings is 1. The van der Waals surface area contributed by atoms with Gasteiger partial charge in [-0.25, -0.2) is 0 Å². The van der Waals surface area contributed by atoms with Crippen LogP contribution in [0.3, 0.4) is 0 Å². The fourth-order valence-electron chi connectivity index (χ4n) is 2.75. The number of hydrogen-bond acceptors (Lipinski definition) is 2. The normalized spacial score (nSPS) is 19.4. The van der Waals surface area contributed by atoms with Crippen LogP contribution < -0.4 is 10.2 Å². The summed E-state index contributed by atoms with van der Waals surface area (Å²) in [5, 5.41) is 3.63. The highest BCUT2D eigenvalue weighted by atomic mass is 35.5. The maximum absolute atomic E-state index is 12.3. The summed E-state index contributed by atoms with van der Waals surface area (Å²) in [6.45, 7) is 6.42. The van der Waals surface area contributed by atoms with Gasteiger partial charge in [-0.3, -0.25) is 9.59 Å². The van der Waals surface area contributed by atoms with E-state index in [4.69, 9.17) is 11.6 Å². The van der Waals surface area contributed by atoms with Gasteiger partial charge in [0.15, 0.2) is 0 Å². The van der Waals surface area contributed by atoms with Crippen LogP contribution in [-0.4, -0.2) is 24.4 Å². The molecule has 0 bridgehead atoms. The van der Waals surface area contributed by atoms with Crippen molar-refractivity contribution in [3.63, 3.8) is 0 Å². The zero-order valence-corrected chi connectivity index (χ0v) is 14.1. The summed E-state index contributed by atoms with van der Waals surface area (Å²) in [4.78, 5) is 26.1. The number of nitrogens with one attached hydrogen (secondary N) is 1. The molecule has 1 N–H and O–H groups in total. The maximum Gasteiger partial charge on any atom is 0.227 e. The second kappa shape index (κ2) is 7.14. The first-order valence-electron chi connectivity index (χ1n) is 7.79. The van der Waals surface area contributed by atoms with Gasteiger partial charge in [-0.1, -0.05) is 31.0 Å². The van der Waals surface area contributed by atoms with E-state index in [0.29, 0.717) is 11.6 Å². The minimum absolute atomic E-state index is 0.0248. The zero-order chi connectivity index (χ0) is 16.3. The van der Waals surface area contributed by atoms with Crippen molar-refractivity contribution in [2.24, 2.45) is 5.92 Å². The summed E-state index contributed by atoms with van der Waals surface area (Å²) in [6.07, 6.45) is 2.24. The van der Waals surface area contributed by atoms with E-state index in [1.54, 1.807) is 11.0 Å². The highest BCUT2D eigenvalue weighted by molar-refractivity contribution is 6.31. The van der Waals surface area contributed by atoms with Crippen LogP contribution in [-0.2, 0) is 9.59 Å². The molecule has 5 heteroatoms. The predicted molar refractivity (Wildman–Crippen MR) is 89.2 cm³/mol. The van der Waals surface area contributed by atoms with Crippen LogP contribution in [0.15, 0.2) is 18.2 Å². The summed E-state index contributed by atoms with van der Waals surface area (Å²) in [5.74, 6) is -0.342. The molecule has 0 unspecified atom stereocenters. The number of carbonyl (C=O) groups is 2. The average molecular weight is 323 g/mol. The fourth-order valence-corrected chi connectivity index (χ4v) is 2.92. The Morgan fingerprint density at radius 3 is 2.86 bits per heavy atom. The summed E-state index contributed by atoms with van der Waals surface area (Å²) < 4.78 is 0. The van der Waals surface area contributed by atoms with E-state index in [2.05, 4.69) is 12.2 Å². The second-order valence-electron chi connectivity index (χ2n) is 6.04. The van der Waals surface area contributed by atoms with Crippen molar-refractivity contribution in [2.45, 2.75) is 46.1 Å². The van der Waals surface area contributed by atoms with E-state index in [1.165, 1.54) is 0 Å². The smallest absolute Gasteiger partial charge is 0.227 e. The Bertz CT molecular complexity index is 574. The van der Waals surface area contributed by atoms with Crippen molar-refractivity contribution in [1.82, 2.24) is 5.32 Å². The largest absolute Gasteiger partial charge is 0.353 e. The number of hydrogen-bond donors (Lipinski definition) is 1. The summed E-state index contributed by atoms with van der Waals surface area (Å²) in [6, 6.07) is 5.70. The Kier molecular flexibility index (Phi) is 5.46. The molecule has 0 aliphatic carbocycles. The number of aryl methyl sites for hydroxylation is 1. The van der Waals surface area contributed by atoms with Gasteiger partial charge >= 0.3 is 0 Å². The summed E-state index contributed by atoms with van der Waals surface area (Å²) in [7, 11) is 0. The molecule has 1 fully saturated rings. The van der Waals surface area contributed by atoms with Crippen molar-refractivity contribution >= 4 is 29.1 Å². The lowest BCUT2D eigenvalue weighted by atomic mass is 10.1. The number of carbonyl (C=O) groups excluding carboxylic acids is 2. The molecular formula is C17H23ClN2O2. The highest BCUT2D eigenvalue weighted by Crippen LogP contribution is 2.28. The molecule has 0 aromatic heterocycles. The quantitative estimate of drug-likeness (QED) is 0.904. The number of halogens is 1. The topological polar surface area (TPSA) is 49.4 Å². The average Bonchev–Trinajstić information content (AvgIpc) is 2.84. The zero-order valence-electron chi connectivity index (χ0n) is 13.4. The van der Waals surface area contributed by atoms with E-state index < -0.39 is 0 Å². The van der Waals surface area contributed by atoms with Gasteiger partial charge < -0.3 is 10.2 Å². The molecular weight excluding hydrogens is 300 g/mol. The first-order valence-corrected chi connectivity index (χ1v) is 8.17. The molecule has 2 rings (SSSR count). The third kappa shape index (κ3) is 3.80. The van der Waals surface area contributed by atoms with Crippen LogP contribution in [0.4, 0.5) is 5.69 Å². The van der Waals surface area contributed by atoms with E-state index >= 15 is 0 Å². The molecule has 1 heterocycles.